The summed E-state index contributed by atoms with van der Waals surface area (Å²) in [4.78, 5) is 4.48. The van der Waals surface area contributed by atoms with Crippen molar-refractivity contribution in [3.63, 3.8) is 0 Å². The van der Waals surface area contributed by atoms with Crippen molar-refractivity contribution >= 4 is 19.6 Å². The second-order valence-corrected chi connectivity index (χ2v) is 14.0. The fourth-order valence-electron chi connectivity index (χ4n) is 2.89. The molecule has 0 saturated carbocycles. The first-order chi connectivity index (χ1) is 13.4. The Labute approximate surface area is 167 Å². The van der Waals surface area contributed by atoms with Gasteiger partial charge in [-0.2, -0.15) is 0 Å². The quantitative estimate of drug-likeness (QED) is 0.464. The highest BCUT2D eigenvalue weighted by atomic mass is 28.3. The van der Waals surface area contributed by atoms with Gasteiger partial charge in [0.25, 0.3) is 0 Å². The largest absolute Gasteiger partial charge is 0.396 e. The minimum atomic E-state index is -1.12. The molecular weight excluding hydrogens is 372 g/mol. The van der Waals surface area contributed by atoms with E-state index in [9.17, 15) is 0 Å². The molecule has 1 atom stereocenters. The van der Waals surface area contributed by atoms with Gasteiger partial charge in [0.15, 0.2) is 5.82 Å². The predicted octanol–water partition coefficient (Wildman–Crippen LogP) is 3.00. The van der Waals surface area contributed by atoms with Crippen molar-refractivity contribution in [2.45, 2.75) is 58.3 Å². The van der Waals surface area contributed by atoms with Gasteiger partial charge in [-0.1, -0.05) is 26.6 Å². The van der Waals surface area contributed by atoms with Crippen molar-refractivity contribution < 1.29 is 9.47 Å². The molecule has 1 saturated heterocycles. The Morgan fingerprint density at radius 2 is 2.14 bits per heavy atom. The van der Waals surface area contributed by atoms with Crippen LogP contribution in [0.5, 0.6) is 0 Å². The molecule has 3 heterocycles. The molecule has 2 aromatic heterocycles. The van der Waals surface area contributed by atoms with E-state index in [-0.39, 0.29) is 6.10 Å². The van der Waals surface area contributed by atoms with E-state index in [0.717, 1.165) is 55.9 Å². The normalized spacial score (nSPS) is 16.8. The fraction of sp³-hybridized carbons (Fsp3) is 0.632. The molecular formula is C19H32N6O2Si. The number of hydrogen-bond donors (Lipinski definition) is 2. The van der Waals surface area contributed by atoms with Crippen molar-refractivity contribution in [2.24, 2.45) is 0 Å². The van der Waals surface area contributed by atoms with Crippen molar-refractivity contribution in [1.82, 2.24) is 19.7 Å². The van der Waals surface area contributed by atoms with Gasteiger partial charge in [-0.25, -0.2) is 4.98 Å². The number of aromatic nitrogens is 4. The fourth-order valence-corrected chi connectivity index (χ4v) is 3.64. The van der Waals surface area contributed by atoms with E-state index in [1.165, 1.54) is 0 Å². The third kappa shape index (κ3) is 5.30. The number of pyridine rings is 1. The number of nitrogens with two attached hydrogens (primary N) is 1. The van der Waals surface area contributed by atoms with Crippen LogP contribution in [0.2, 0.25) is 25.7 Å². The van der Waals surface area contributed by atoms with E-state index < -0.39 is 8.07 Å². The highest BCUT2D eigenvalue weighted by Crippen LogP contribution is 2.25. The van der Waals surface area contributed by atoms with Crippen molar-refractivity contribution in [3.05, 3.63) is 18.1 Å². The lowest BCUT2D eigenvalue weighted by Gasteiger charge is -2.26. The van der Waals surface area contributed by atoms with Crippen LogP contribution in [-0.4, -0.2) is 53.7 Å². The third-order valence-electron chi connectivity index (χ3n) is 4.83. The van der Waals surface area contributed by atoms with Crippen molar-refractivity contribution in [1.29, 1.82) is 0 Å². The summed E-state index contributed by atoms with van der Waals surface area (Å²) >= 11 is 0. The van der Waals surface area contributed by atoms with Gasteiger partial charge in [-0.15, -0.1) is 10.2 Å². The van der Waals surface area contributed by atoms with Gasteiger partial charge in [0.2, 0.25) is 0 Å². The monoisotopic (exact) mass is 404 g/mol. The molecule has 9 heteroatoms. The van der Waals surface area contributed by atoms with Crippen LogP contribution in [0, 0.1) is 0 Å². The second kappa shape index (κ2) is 9.02. The van der Waals surface area contributed by atoms with E-state index in [4.69, 9.17) is 15.2 Å². The number of hydrogen-bond acceptors (Lipinski definition) is 7. The molecule has 8 nitrogen and oxygen atoms in total. The van der Waals surface area contributed by atoms with Crippen LogP contribution in [0.4, 0.5) is 11.5 Å². The van der Waals surface area contributed by atoms with Gasteiger partial charge in [0.1, 0.15) is 18.4 Å². The Morgan fingerprint density at radius 1 is 1.36 bits per heavy atom. The van der Waals surface area contributed by atoms with Crippen LogP contribution < -0.4 is 11.1 Å². The van der Waals surface area contributed by atoms with Gasteiger partial charge < -0.3 is 20.5 Å². The average molecular weight is 405 g/mol. The lowest BCUT2D eigenvalue weighted by molar-refractivity contribution is -0.0410. The smallest absolute Gasteiger partial charge is 0.167 e. The van der Waals surface area contributed by atoms with E-state index in [0.29, 0.717) is 18.2 Å². The molecule has 1 fully saturated rings. The maximum Gasteiger partial charge on any atom is 0.167 e. The predicted molar refractivity (Wildman–Crippen MR) is 114 cm³/mol. The summed E-state index contributed by atoms with van der Waals surface area (Å²) in [7, 11) is -1.12. The number of nitrogens with zero attached hydrogens (tertiary/aromatic N) is 4. The number of nitrogens with one attached hydrogen (secondary N) is 1. The number of ether oxygens (including phenoxy) is 2. The maximum absolute atomic E-state index is 6.21. The van der Waals surface area contributed by atoms with Crippen molar-refractivity contribution in [3.8, 4) is 11.4 Å². The molecule has 1 aliphatic heterocycles. The molecule has 0 amide bonds. The van der Waals surface area contributed by atoms with Crippen LogP contribution in [0.15, 0.2) is 12.3 Å². The number of nitrogen functional groups attached to an aromatic ring is 1. The van der Waals surface area contributed by atoms with Gasteiger partial charge >= 0.3 is 0 Å². The molecule has 28 heavy (non-hydrogen) atoms. The van der Waals surface area contributed by atoms with Crippen LogP contribution in [0.3, 0.4) is 0 Å². The first-order valence-corrected chi connectivity index (χ1v) is 13.7. The van der Waals surface area contributed by atoms with Gasteiger partial charge in [0.05, 0.1) is 11.8 Å². The summed E-state index contributed by atoms with van der Waals surface area (Å²) in [5, 5.41) is 11.9. The average Bonchev–Trinajstić information content (AvgIpc) is 3.00. The molecule has 0 bridgehead atoms. The van der Waals surface area contributed by atoms with Gasteiger partial charge in [-0.05, 0) is 18.5 Å². The SMILES string of the molecule is CCc1nnc(-c2cnc(NCC3CCO3)c(N)c2)n1COCC[Si](C)(C)C. The summed E-state index contributed by atoms with van der Waals surface area (Å²) in [5.74, 6) is 2.30. The molecule has 3 N–H and O–H groups in total. The Balaban J connectivity index is 1.69. The first-order valence-electron chi connectivity index (χ1n) is 9.98. The van der Waals surface area contributed by atoms with Gasteiger partial charge in [-0.3, -0.25) is 4.57 Å². The lowest BCUT2D eigenvalue weighted by Crippen LogP contribution is -2.33. The van der Waals surface area contributed by atoms with Crippen molar-refractivity contribution in [2.75, 3.05) is 30.8 Å². The van der Waals surface area contributed by atoms with E-state index in [2.05, 4.69) is 47.1 Å². The van der Waals surface area contributed by atoms with E-state index >= 15 is 0 Å². The Morgan fingerprint density at radius 3 is 2.75 bits per heavy atom. The number of aryl methyl sites for hydroxylation is 1. The molecule has 1 aliphatic rings. The highest BCUT2D eigenvalue weighted by molar-refractivity contribution is 6.76. The minimum Gasteiger partial charge on any atom is -0.396 e. The molecule has 0 aliphatic carbocycles. The zero-order valence-electron chi connectivity index (χ0n) is 17.4. The summed E-state index contributed by atoms with van der Waals surface area (Å²) in [5.41, 5.74) is 7.64. The molecule has 0 radical (unpaired) electrons. The molecule has 2 aromatic rings. The summed E-state index contributed by atoms with van der Waals surface area (Å²) in [6.45, 7) is 11.9. The molecule has 0 aromatic carbocycles. The highest BCUT2D eigenvalue weighted by Gasteiger charge is 2.19. The van der Waals surface area contributed by atoms with Crippen LogP contribution in [0.25, 0.3) is 11.4 Å². The maximum atomic E-state index is 6.21. The van der Waals surface area contributed by atoms with Crippen LogP contribution in [0.1, 0.15) is 19.2 Å². The summed E-state index contributed by atoms with van der Waals surface area (Å²) in [6, 6.07) is 3.02. The second-order valence-electron chi connectivity index (χ2n) is 8.39. The standard InChI is InChI=1S/C19H32N6O2Si/c1-5-17-23-24-19(25(17)13-26-8-9-28(2,3)4)14-10-16(20)18(21-11-14)22-12-15-6-7-27-15/h10-11,15H,5-9,12-13,20H2,1-4H3,(H,21,22). The summed E-state index contributed by atoms with van der Waals surface area (Å²) < 4.78 is 13.4. The van der Waals surface area contributed by atoms with Crippen LogP contribution in [-0.2, 0) is 22.6 Å². The zero-order chi connectivity index (χ0) is 20.1. The van der Waals surface area contributed by atoms with Crippen LogP contribution >= 0.6 is 0 Å². The van der Waals surface area contributed by atoms with E-state index in [1.54, 1.807) is 6.20 Å². The molecule has 0 spiro atoms. The minimum absolute atomic E-state index is 0.254. The Bertz CT molecular complexity index is 785. The first kappa shape index (κ1) is 20.8. The Kier molecular flexibility index (Phi) is 6.68. The number of rotatable bonds is 10. The Hall–Kier alpha value is -1.97. The van der Waals surface area contributed by atoms with Gasteiger partial charge in [0, 0.05) is 46.0 Å². The lowest BCUT2D eigenvalue weighted by atomic mass is 10.2. The molecule has 3 rings (SSSR count). The molecule has 154 valence electrons. The zero-order valence-corrected chi connectivity index (χ0v) is 18.4. The summed E-state index contributed by atoms with van der Waals surface area (Å²) in [6.07, 6.45) is 3.90. The third-order valence-corrected chi connectivity index (χ3v) is 6.53. The molecule has 1 unspecified atom stereocenters. The van der Waals surface area contributed by atoms with E-state index in [1.807, 2.05) is 10.6 Å². The number of anilines is 2. The topological polar surface area (TPSA) is 100 Å².